The van der Waals surface area contributed by atoms with Gasteiger partial charge in [0.2, 0.25) is 11.8 Å². The molecule has 1 fully saturated rings. The summed E-state index contributed by atoms with van der Waals surface area (Å²) >= 11 is 9.34. The highest BCUT2D eigenvalue weighted by Gasteiger charge is 2.47. The normalized spacial score (nSPS) is 19.6. The fraction of sp³-hybridized carbons (Fsp3) is 0.217. The largest absolute Gasteiger partial charge is 0.452 e. The SMILES string of the molecule is O=C(COC(=O)c1cccc(N2C(=O)[C@H]3CC=CC[C@@H]3C2=O)c1)Nc1ccc(Br)cc1Cl. The van der Waals surface area contributed by atoms with Crippen LogP contribution in [0.15, 0.2) is 59.1 Å². The monoisotopic (exact) mass is 516 g/mol. The van der Waals surface area contributed by atoms with Crippen LogP contribution >= 0.6 is 27.5 Å². The molecule has 7 nitrogen and oxygen atoms in total. The van der Waals surface area contributed by atoms with Gasteiger partial charge < -0.3 is 10.1 Å². The highest BCUT2D eigenvalue weighted by atomic mass is 79.9. The Bertz CT molecular complexity index is 1120. The number of hydrogen-bond donors (Lipinski definition) is 1. The van der Waals surface area contributed by atoms with Gasteiger partial charge in [-0.05, 0) is 49.2 Å². The van der Waals surface area contributed by atoms with Crippen LogP contribution in [0.4, 0.5) is 11.4 Å². The highest BCUT2D eigenvalue weighted by molar-refractivity contribution is 9.10. The van der Waals surface area contributed by atoms with Crippen LogP contribution in [0, 0.1) is 11.8 Å². The van der Waals surface area contributed by atoms with Crippen LogP contribution in [0.5, 0.6) is 0 Å². The van der Waals surface area contributed by atoms with E-state index in [9.17, 15) is 19.2 Å². The molecule has 0 saturated carbocycles. The van der Waals surface area contributed by atoms with E-state index < -0.39 is 18.5 Å². The Labute approximate surface area is 197 Å². The van der Waals surface area contributed by atoms with E-state index in [0.717, 1.165) is 9.37 Å². The van der Waals surface area contributed by atoms with Crippen molar-refractivity contribution in [2.24, 2.45) is 11.8 Å². The molecule has 1 heterocycles. The molecule has 1 N–H and O–H groups in total. The number of anilines is 2. The van der Waals surface area contributed by atoms with Crippen LogP contribution in [0.25, 0.3) is 0 Å². The number of benzene rings is 2. The summed E-state index contributed by atoms with van der Waals surface area (Å²) in [4.78, 5) is 51.2. The third-order valence-corrected chi connectivity index (χ3v) is 6.19. The van der Waals surface area contributed by atoms with Crippen molar-refractivity contribution in [2.45, 2.75) is 12.8 Å². The third-order valence-electron chi connectivity index (χ3n) is 5.39. The first kappa shape index (κ1) is 22.2. The van der Waals surface area contributed by atoms with E-state index >= 15 is 0 Å². The Morgan fingerprint density at radius 1 is 1.06 bits per heavy atom. The van der Waals surface area contributed by atoms with Crippen LogP contribution in [-0.2, 0) is 19.1 Å². The molecule has 32 heavy (non-hydrogen) atoms. The number of carbonyl (C=O) groups is 4. The van der Waals surface area contributed by atoms with Gasteiger partial charge in [-0.25, -0.2) is 4.79 Å². The Hall–Kier alpha value is -2.97. The lowest BCUT2D eigenvalue weighted by atomic mass is 9.85. The van der Waals surface area contributed by atoms with Crippen molar-refractivity contribution < 1.29 is 23.9 Å². The van der Waals surface area contributed by atoms with Crippen LogP contribution in [-0.4, -0.2) is 30.3 Å². The molecule has 0 radical (unpaired) electrons. The molecule has 1 aliphatic carbocycles. The summed E-state index contributed by atoms with van der Waals surface area (Å²) in [5.74, 6) is -2.56. The minimum Gasteiger partial charge on any atom is -0.452 e. The maximum Gasteiger partial charge on any atom is 0.338 e. The van der Waals surface area contributed by atoms with Gasteiger partial charge in [0.15, 0.2) is 6.61 Å². The summed E-state index contributed by atoms with van der Waals surface area (Å²) in [6.45, 7) is -0.521. The van der Waals surface area contributed by atoms with Gasteiger partial charge >= 0.3 is 5.97 Å². The highest BCUT2D eigenvalue weighted by Crippen LogP contribution is 2.37. The second kappa shape index (κ2) is 9.26. The molecule has 0 aromatic heterocycles. The summed E-state index contributed by atoms with van der Waals surface area (Å²) < 4.78 is 5.85. The zero-order valence-electron chi connectivity index (χ0n) is 16.7. The minimum atomic E-state index is -0.748. The third kappa shape index (κ3) is 4.47. The first-order chi connectivity index (χ1) is 15.3. The number of imide groups is 1. The van der Waals surface area contributed by atoms with E-state index in [4.69, 9.17) is 16.3 Å². The topological polar surface area (TPSA) is 92.8 Å². The predicted molar refractivity (Wildman–Crippen MR) is 122 cm³/mol. The van der Waals surface area contributed by atoms with Gasteiger partial charge in [0.1, 0.15) is 0 Å². The number of nitrogens with zero attached hydrogens (tertiary/aromatic N) is 1. The second-order valence-electron chi connectivity index (χ2n) is 7.47. The van der Waals surface area contributed by atoms with Crippen LogP contribution in [0.2, 0.25) is 5.02 Å². The van der Waals surface area contributed by atoms with Crippen molar-refractivity contribution in [3.63, 3.8) is 0 Å². The molecule has 4 rings (SSSR count). The maximum atomic E-state index is 12.8. The number of carbonyl (C=O) groups excluding carboxylic acids is 4. The Morgan fingerprint density at radius 3 is 2.41 bits per heavy atom. The Morgan fingerprint density at radius 2 is 1.75 bits per heavy atom. The fourth-order valence-electron chi connectivity index (χ4n) is 3.82. The van der Waals surface area contributed by atoms with Crippen molar-refractivity contribution >= 4 is 62.6 Å². The molecular formula is C23H18BrClN2O5. The molecule has 164 valence electrons. The lowest BCUT2D eigenvalue weighted by Crippen LogP contribution is -2.31. The average Bonchev–Trinajstić information content (AvgIpc) is 3.04. The van der Waals surface area contributed by atoms with Crippen LogP contribution in [0.3, 0.4) is 0 Å². The minimum absolute atomic E-state index is 0.130. The first-order valence-corrected chi connectivity index (χ1v) is 11.1. The summed E-state index contributed by atoms with van der Waals surface area (Å²) in [7, 11) is 0. The molecule has 2 atom stereocenters. The quantitative estimate of drug-likeness (QED) is 0.362. The molecule has 9 heteroatoms. The van der Waals surface area contributed by atoms with E-state index in [0.29, 0.717) is 29.2 Å². The summed E-state index contributed by atoms with van der Waals surface area (Å²) in [6, 6.07) is 11.0. The number of fused-ring (bicyclic) bond motifs is 1. The molecule has 2 aliphatic rings. The zero-order chi connectivity index (χ0) is 22.8. The smallest absolute Gasteiger partial charge is 0.338 e. The Kier molecular flexibility index (Phi) is 6.43. The molecule has 1 aliphatic heterocycles. The van der Waals surface area contributed by atoms with Crippen molar-refractivity contribution in [1.82, 2.24) is 0 Å². The number of amides is 3. The van der Waals surface area contributed by atoms with Gasteiger partial charge in [-0.15, -0.1) is 0 Å². The standard InChI is InChI=1S/C23H18BrClN2O5/c24-14-8-9-19(18(25)11-14)26-20(28)12-32-23(31)13-4-3-5-15(10-13)27-21(29)16-6-1-2-7-17(16)22(27)30/h1-5,8-11,16-17H,6-7,12H2,(H,26,28)/t16-,17-/m0/s1. The molecule has 0 spiro atoms. The van der Waals surface area contributed by atoms with Crippen LogP contribution < -0.4 is 10.2 Å². The van der Waals surface area contributed by atoms with Gasteiger partial charge in [0, 0.05) is 4.47 Å². The number of ether oxygens (including phenoxy) is 1. The van der Waals surface area contributed by atoms with Gasteiger partial charge in [-0.2, -0.15) is 0 Å². The van der Waals surface area contributed by atoms with Gasteiger partial charge in [0.05, 0.1) is 33.8 Å². The molecule has 0 bridgehead atoms. The zero-order valence-corrected chi connectivity index (χ0v) is 19.1. The summed E-state index contributed by atoms with van der Waals surface area (Å²) in [6.07, 6.45) is 4.89. The Balaban J connectivity index is 1.41. The van der Waals surface area contributed by atoms with Gasteiger partial charge in [-0.1, -0.05) is 45.7 Å². The molecule has 2 aromatic carbocycles. The van der Waals surface area contributed by atoms with Crippen molar-refractivity contribution in [2.75, 3.05) is 16.8 Å². The predicted octanol–water partition coefficient (Wildman–Crippen LogP) is 4.35. The lowest BCUT2D eigenvalue weighted by molar-refractivity contribution is -0.122. The van der Waals surface area contributed by atoms with Crippen molar-refractivity contribution in [3.05, 3.63) is 69.7 Å². The van der Waals surface area contributed by atoms with E-state index in [1.54, 1.807) is 30.3 Å². The molecule has 3 amide bonds. The van der Waals surface area contributed by atoms with E-state index in [2.05, 4.69) is 21.2 Å². The molecule has 0 unspecified atom stereocenters. The maximum absolute atomic E-state index is 12.8. The number of halogens is 2. The van der Waals surface area contributed by atoms with Crippen molar-refractivity contribution in [1.29, 1.82) is 0 Å². The molecular weight excluding hydrogens is 500 g/mol. The number of nitrogens with one attached hydrogen (secondary N) is 1. The van der Waals surface area contributed by atoms with Crippen molar-refractivity contribution in [3.8, 4) is 0 Å². The average molecular weight is 518 g/mol. The van der Waals surface area contributed by atoms with E-state index in [-0.39, 0.29) is 29.2 Å². The van der Waals surface area contributed by atoms with Crippen LogP contribution in [0.1, 0.15) is 23.2 Å². The fourth-order valence-corrected chi connectivity index (χ4v) is 4.54. The second-order valence-corrected chi connectivity index (χ2v) is 8.79. The number of esters is 1. The number of hydrogen-bond acceptors (Lipinski definition) is 5. The lowest BCUT2D eigenvalue weighted by Gasteiger charge is -2.15. The van der Waals surface area contributed by atoms with Gasteiger partial charge in [0.25, 0.3) is 5.91 Å². The first-order valence-electron chi connectivity index (χ1n) is 9.90. The molecule has 2 aromatic rings. The van der Waals surface area contributed by atoms with E-state index in [1.807, 2.05) is 12.2 Å². The number of allylic oxidation sites excluding steroid dienone is 2. The number of rotatable bonds is 5. The van der Waals surface area contributed by atoms with Gasteiger partial charge in [-0.3, -0.25) is 19.3 Å². The molecule has 1 saturated heterocycles. The summed E-state index contributed by atoms with van der Waals surface area (Å²) in [5, 5.41) is 2.90. The van der Waals surface area contributed by atoms with E-state index in [1.165, 1.54) is 12.1 Å². The summed E-state index contributed by atoms with van der Waals surface area (Å²) in [5.41, 5.74) is 0.834.